The lowest BCUT2D eigenvalue weighted by atomic mass is 9.77. The number of hydrogen-bond donors (Lipinski definition) is 2. The topological polar surface area (TPSA) is 120 Å². The number of rotatable bonds is 6. The molecule has 15 heteroatoms. The fraction of sp³-hybridized carbons (Fsp3) is 0.667. The Kier molecular flexibility index (Phi) is 11.1. The Morgan fingerprint density at radius 3 is 2.10 bits per heavy atom. The molecule has 3 fully saturated rings. The molecule has 9 nitrogen and oxygen atoms in total. The number of nitrogens with zero attached hydrogens (tertiary/aromatic N) is 3. The number of carboxylic acid groups (broad SMARTS) is 2. The van der Waals surface area contributed by atoms with Gasteiger partial charge in [0, 0.05) is 63.4 Å². The lowest BCUT2D eigenvalue weighted by molar-refractivity contribution is -0.193. The summed E-state index contributed by atoms with van der Waals surface area (Å²) in [7, 11) is 0. The lowest BCUT2D eigenvalue weighted by Crippen LogP contribution is -2.37. The standard InChI is InChI=1S/C20H29N3O2.2C2HF3O2/c1-16(24)23-8-6-20(15-23)14-22(10-17-4-5-17)11-19(20)13-25-12-18-3-2-7-21-9-18;2*3-2(4,5)1(6)7/h2-3,7,9,17,19H,4-6,8,10-15H2,1H3;2*(H,6,7)/t19-,20+;;/m0../s1. The monoisotopic (exact) mass is 571 g/mol. The molecule has 1 saturated carbocycles. The SMILES string of the molecule is CC(=O)N1CC[C@@]2(CN(CC3CC3)C[C@H]2COCc2cccnc2)C1.O=C(O)C(F)(F)F.O=C(O)C(F)(F)F. The van der Waals surface area contributed by atoms with Gasteiger partial charge in [-0.1, -0.05) is 6.07 Å². The number of aromatic nitrogens is 1. The van der Waals surface area contributed by atoms with Gasteiger partial charge in [-0.3, -0.25) is 9.78 Å². The van der Waals surface area contributed by atoms with Crippen LogP contribution in [0.25, 0.3) is 0 Å². The highest BCUT2D eigenvalue weighted by Gasteiger charge is 2.51. The number of hydrogen-bond acceptors (Lipinski definition) is 6. The highest BCUT2D eigenvalue weighted by Crippen LogP contribution is 2.45. The third kappa shape index (κ3) is 10.6. The van der Waals surface area contributed by atoms with Gasteiger partial charge in [-0.15, -0.1) is 0 Å². The third-order valence-corrected chi connectivity index (χ3v) is 6.72. The Balaban J connectivity index is 0.000000317. The first-order valence-electron chi connectivity index (χ1n) is 12.1. The zero-order chi connectivity index (χ0) is 29.4. The quantitative estimate of drug-likeness (QED) is 0.499. The second-order valence-corrected chi connectivity index (χ2v) is 9.87. The molecule has 39 heavy (non-hydrogen) atoms. The summed E-state index contributed by atoms with van der Waals surface area (Å²) in [6.45, 7) is 8.41. The summed E-state index contributed by atoms with van der Waals surface area (Å²) in [6.07, 6.45) is -2.60. The number of carbonyl (C=O) groups is 3. The normalized spacial score (nSPS) is 23.1. The van der Waals surface area contributed by atoms with Crippen LogP contribution in [0.2, 0.25) is 0 Å². The van der Waals surface area contributed by atoms with Gasteiger partial charge in [-0.2, -0.15) is 26.3 Å². The van der Waals surface area contributed by atoms with Gasteiger partial charge in [-0.05, 0) is 36.8 Å². The maximum Gasteiger partial charge on any atom is 0.490 e. The van der Waals surface area contributed by atoms with Gasteiger partial charge in [0.2, 0.25) is 5.91 Å². The average molecular weight is 572 g/mol. The highest BCUT2D eigenvalue weighted by molar-refractivity contribution is 5.74. The zero-order valence-electron chi connectivity index (χ0n) is 21.2. The van der Waals surface area contributed by atoms with Gasteiger partial charge in [0.15, 0.2) is 0 Å². The van der Waals surface area contributed by atoms with E-state index in [4.69, 9.17) is 24.5 Å². The van der Waals surface area contributed by atoms with Crippen molar-refractivity contribution < 1.29 is 55.7 Å². The summed E-state index contributed by atoms with van der Waals surface area (Å²) in [4.78, 5) is 38.5. The molecule has 2 aliphatic heterocycles. The Hall–Kier alpha value is -2.94. The molecule has 0 radical (unpaired) electrons. The second kappa shape index (κ2) is 13.4. The molecule has 3 heterocycles. The van der Waals surface area contributed by atoms with E-state index >= 15 is 0 Å². The summed E-state index contributed by atoms with van der Waals surface area (Å²) >= 11 is 0. The number of aliphatic carboxylic acids is 2. The van der Waals surface area contributed by atoms with Gasteiger partial charge < -0.3 is 24.7 Å². The number of pyridine rings is 1. The molecule has 1 aromatic rings. The van der Waals surface area contributed by atoms with Crippen molar-refractivity contribution in [2.75, 3.05) is 39.3 Å². The predicted molar refractivity (Wildman–Crippen MR) is 123 cm³/mol. The molecule has 2 N–H and O–H groups in total. The maximum absolute atomic E-state index is 11.8. The van der Waals surface area contributed by atoms with Crippen molar-refractivity contribution in [3.63, 3.8) is 0 Å². The van der Waals surface area contributed by atoms with Gasteiger partial charge >= 0.3 is 24.3 Å². The molecule has 1 spiro atoms. The van der Waals surface area contributed by atoms with Crippen LogP contribution >= 0.6 is 0 Å². The fourth-order valence-electron chi connectivity index (χ4n) is 4.61. The lowest BCUT2D eigenvalue weighted by Gasteiger charge is -2.30. The number of carboxylic acids is 2. The van der Waals surface area contributed by atoms with E-state index in [1.807, 2.05) is 17.2 Å². The largest absolute Gasteiger partial charge is 0.490 e. The smallest absolute Gasteiger partial charge is 0.475 e. The van der Waals surface area contributed by atoms with Crippen LogP contribution < -0.4 is 0 Å². The highest BCUT2D eigenvalue weighted by atomic mass is 19.4. The molecule has 4 rings (SSSR count). The molecule has 1 aliphatic carbocycles. The summed E-state index contributed by atoms with van der Waals surface area (Å²) in [5.74, 6) is -3.86. The van der Waals surface area contributed by atoms with E-state index in [1.54, 1.807) is 13.1 Å². The first-order chi connectivity index (χ1) is 18.0. The van der Waals surface area contributed by atoms with Crippen molar-refractivity contribution in [3.8, 4) is 0 Å². The Morgan fingerprint density at radius 2 is 1.67 bits per heavy atom. The number of amides is 1. The van der Waals surface area contributed by atoms with E-state index < -0.39 is 24.3 Å². The van der Waals surface area contributed by atoms with Crippen molar-refractivity contribution in [1.29, 1.82) is 0 Å². The summed E-state index contributed by atoms with van der Waals surface area (Å²) in [5.41, 5.74) is 1.36. The van der Waals surface area contributed by atoms with Crippen molar-refractivity contribution in [2.24, 2.45) is 17.3 Å². The van der Waals surface area contributed by atoms with Gasteiger partial charge in [0.25, 0.3) is 0 Å². The summed E-state index contributed by atoms with van der Waals surface area (Å²) in [5, 5.41) is 14.2. The average Bonchev–Trinajstić information content (AvgIpc) is 3.43. The maximum atomic E-state index is 11.8. The first kappa shape index (κ1) is 32.3. The van der Waals surface area contributed by atoms with Gasteiger partial charge in [-0.25, -0.2) is 9.59 Å². The Bertz CT molecular complexity index is 949. The van der Waals surface area contributed by atoms with Crippen LogP contribution in [0.5, 0.6) is 0 Å². The molecule has 0 aromatic carbocycles. The minimum absolute atomic E-state index is 0.215. The van der Waals surface area contributed by atoms with Crippen LogP contribution in [-0.2, 0) is 25.7 Å². The van der Waals surface area contributed by atoms with Crippen LogP contribution in [0.1, 0.15) is 31.7 Å². The minimum Gasteiger partial charge on any atom is -0.475 e. The molecule has 2 atom stereocenters. The summed E-state index contributed by atoms with van der Waals surface area (Å²) < 4.78 is 69.6. The molecule has 0 unspecified atom stereocenters. The number of carbonyl (C=O) groups excluding carboxylic acids is 1. The van der Waals surface area contributed by atoms with Crippen molar-refractivity contribution >= 4 is 17.8 Å². The van der Waals surface area contributed by atoms with E-state index in [1.165, 1.54) is 19.4 Å². The molecular weight excluding hydrogens is 540 g/mol. The van der Waals surface area contributed by atoms with E-state index in [0.717, 1.165) is 50.7 Å². The van der Waals surface area contributed by atoms with E-state index in [2.05, 4.69) is 16.0 Å². The zero-order valence-corrected chi connectivity index (χ0v) is 21.2. The van der Waals surface area contributed by atoms with Gasteiger partial charge in [0.1, 0.15) is 0 Å². The van der Waals surface area contributed by atoms with Gasteiger partial charge in [0.05, 0.1) is 13.2 Å². The predicted octanol–water partition coefficient (Wildman–Crippen LogP) is 3.45. The van der Waals surface area contributed by atoms with E-state index in [-0.39, 0.29) is 11.3 Å². The molecule has 1 aromatic heterocycles. The summed E-state index contributed by atoms with van der Waals surface area (Å²) in [6, 6.07) is 4.01. The molecule has 0 bridgehead atoms. The van der Waals surface area contributed by atoms with Crippen LogP contribution in [0, 0.1) is 17.3 Å². The minimum atomic E-state index is -5.08. The fourth-order valence-corrected chi connectivity index (χ4v) is 4.61. The second-order valence-electron chi connectivity index (χ2n) is 9.87. The Morgan fingerprint density at radius 1 is 1.08 bits per heavy atom. The number of ether oxygens (including phenoxy) is 1. The molecule has 2 saturated heterocycles. The van der Waals surface area contributed by atoms with Crippen molar-refractivity contribution in [3.05, 3.63) is 30.1 Å². The molecule has 1 amide bonds. The van der Waals surface area contributed by atoms with Crippen molar-refractivity contribution in [2.45, 2.75) is 45.1 Å². The number of likely N-dealkylation sites (tertiary alicyclic amines) is 2. The Labute approximate surface area is 220 Å². The van der Waals surface area contributed by atoms with Crippen LogP contribution in [0.4, 0.5) is 26.3 Å². The molecule has 220 valence electrons. The van der Waals surface area contributed by atoms with Crippen molar-refractivity contribution in [1.82, 2.24) is 14.8 Å². The first-order valence-corrected chi connectivity index (χ1v) is 12.1. The molecule has 3 aliphatic rings. The van der Waals surface area contributed by atoms with Crippen LogP contribution in [0.3, 0.4) is 0 Å². The van der Waals surface area contributed by atoms with Crippen LogP contribution in [0.15, 0.2) is 24.5 Å². The van der Waals surface area contributed by atoms with E-state index in [9.17, 15) is 31.1 Å². The van der Waals surface area contributed by atoms with E-state index in [0.29, 0.717) is 12.5 Å². The van der Waals surface area contributed by atoms with Crippen LogP contribution in [-0.4, -0.2) is 94.5 Å². The number of alkyl halides is 6. The third-order valence-electron chi connectivity index (χ3n) is 6.72. The molecular formula is C24H31F6N3O6. The number of halogens is 6.